The van der Waals surface area contributed by atoms with Crippen molar-refractivity contribution in [3.05, 3.63) is 41.2 Å². The lowest BCUT2D eigenvalue weighted by Crippen LogP contribution is -2.27. The van der Waals surface area contributed by atoms with Crippen molar-refractivity contribution in [3.63, 3.8) is 0 Å². The molecule has 2 rings (SSSR count). The molecule has 0 radical (unpaired) electrons. The second-order valence-electron chi connectivity index (χ2n) is 4.15. The second-order valence-corrected chi connectivity index (χ2v) is 4.15. The summed E-state index contributed by atoms with van der Waals surface area (Å²) in [5.74, 6) is -0.149. The Kier molecular flexibility index (Phi) is 3.27. The fourth-order valence-corrected chi connectivity index (χ4v) is 1.66. The summed E-state index contributed by atoms with van der Waals surface area (Å²) in [6.45, 7) is 3.92. The summed E-state index contributed by atoms with van der Waals surface area (Å²) in [7, 11) is 0. The van der Waals surface area contributed by atoms with Gasteiger partial charge in [0.2, 0.25) is 11.8 Å². The van der Waals surface area contributed by atoms with Gasteiger partial charge in [-0.25, -0.2) is 0 Å². The van der Waals surface area contributed by atoms with Gasteiger partial charge in [-0.2, -0.15) is 4.98 Å². The normalized spacial score (nSPS) is 12.1. The van der Waals surface area contributed by atoms with Crippen molar-refractivity contribution in [1.82, 2.24) is 20.5 Å². The summed E-state index contributed by atoms with van der Waals surface area (Å²) in [6, 6.07) is 7.85. The Morgan fingerprint density at radius 3 is 2.89 bits per heavy atom. The quantitative estimate of drug-likeness (QED) is 0.756. The van der Waals surface area contributed by atoms with Gasteiger partial charge in [-0.3, -0.25) is 9.89 Å². The van der Waals surface area contributed by atoms with Crippen molar-refractivity contribution >= 4 is 11.9 Å². The van der Waals surface area contributed by atoms with Crippen LogP contribution in [0.3, 0.4) is 0 Å². The number of H-pyrrole nitrogens is 1. The summed E-state index contributed by atoms with van der Waals surface area (Å²) in [5, 5.41) is 8.91. The van der Waals surface area contributed by atoms with Gasteiger partial charge in [-0.05, 0) is 19.4 Å². The van der Waals surface area contributed by atoms with Gasteiger partial charge in [0.1, 0.15) is 0 Å². The highest BCUT2D eigenvalue weighted by Gasteiger charge is 2.14. The Balaban J connectivity index is 2.07. The number of nitrogens with one attached hydrogen (secondary N) is 2. The Bertz CT molecular complexity index is 563. The van der Waals surface area contributed by atoms with Gasteiger partial charge >= 0.3 is 0 Å². The Hall–Kier alpha value is -2.37. The molecule has 1 aromatic carbocycles. The van der Waals surface area contributed by atoms with Crippen LogP contribution in [0.4, 0.5) is 5.95 Å². The third kappa shape index (κ3) is 2.65. The van der Waals surface area contributed by atoms with E-state index in [2.05, 4.69) is 20.5 Å². The zero-order valence-electron chi connectivity index (χ0n) is 10.3. The van der Waals surface area contributed by atoms with E-state index in [0.29, 0.717) is 0 Å². The number of hydrogen-bond acceptors (Lipinski definition) is 4. The minimum Gasteiger partial charge on any atom is -0.366 e. The van der Waals surface area contributed by atoms with Crippen LogP contribution in [0.1, 0.15) is 34.7 Å². The maximum atomic E-state index is 11.8. The summed E-state index contributed by atoms with van der Waals surface area (Å²) < 4.78 is 0. The zero-order valence-corrected chi connectivity index (χ0v) is 10.3. The van der Waals surface area contributed by atoms with Crippen LogP contribution in [0.5, 0.6) is 0 Å². The van der Waals surface area contributed by atoms with Crippen molar-refractivity contribution in [2.24, 2.45) is 0 Å². The van der Waals surface area contributed by atoms with E-state index in [9.17, 15) is 4.79 Å². The predicted octanol–water partition coefficient (Wildman–Crippen LogP) is 1.19. The number of aryl methyl sites for hydroxylation is 1. The Morgan fingerprint density at radius 2 is 2.28 bits per heavy atom. The third-order valence-electron chi connectivity index (χ3n) is 2.61. The topological polar surface area (TPSA) is 96.7 Å². The highest BCUT2D eigenvalue weighted by molar-refractivity contribution is 5.90. The largest absolute Gasteiger partial charge is 0.366 e. The molecule has 94 valence electrons. The number of benzene rings is 1. The maximum absolute atomic E-state index is 11.8. The van der Waals surface area contributed by atoms with Crippen molar-refractivity contribution in [2.45, 2.75) is 19.9 Å². The van der Waals surface area contributed by atoms with E-state index in [1.807, 2.05) is 38.1 Å². The van der Waals surface area contributed by atoms with Crippen molar-refractivity contribution in [2.75, 3.05) is 5.73 Å². The number of amides is 1. The molecule has 1 aromatic heterocycles. The van der Waals surface area contributed by atoms with Gasteiger partial charge in [0.25, 0.3) is 5.91 Å². The molecule has 4 N–H and O–H groups in total. The average molecular weight is 245 g/mol. The molecule has 0 unspecified atom stereocenters. The number of aromatic nitrogens is 3. The van der Waals surface area contributed by atoms with E-state index in [0.717, 1.165) is 11.1 Å². The molecule has 18 heavy (non-hydrogen) atoms. The second kappa shape index (κ2) is 4.87. The van der Waals surface area contributed by atoms with Gasteiger partial charge in [0, 0.05) is 0 Å². The lowest BCUT2D eigenvalue weighted by molar-refractivity contribution is 0.0930. The van der Waals surface area contributed by atoms with E-state index in [-0.39, 0.29) is 23.7 Å². The van der Waals surface area contributed by atoms with Crippen molar-refractivity contribution < 1.29 is 4.79 Å². The fraction of sp³-hybridized carbons (Fsp3) is 0.250. The molecule has 0 aliphatic rings. The van der Waals surface area contributed by atoms with Crippen LogP contribution in [-0.2, 0) is 0 Å². The van der Waals surface area contributed by atoms with Gasteiger partial charge in [0.15, 0.2) is 0 Å². The number of carbonyl (C=O) groups is 1. The summed E-state index contributed by atoms with van der Waals surface area (Å²) in [6.07, 6.45) is 0. The average Bonchev–Trinajstić information content (AvgIpc) is 2.76. The molecule has 0 aliphatic carbocycles. The molecule has 0 saturated carbocycles. The molecule has 0 aliphatic heterocycles. The van der Waals surface area contributed by atoms with E-state index in [1.54, 1.807) is 0 Å². The third-order valence-corrected chi connectivity index (χ3v) is 2.61. The number of carbonyl (C=O) groups excluding carboxylic acids is 1. The molecule has 1 atom stereocenters. The zero-order chi connectivity index (χ0) is 13.1. The lowest BCUT2D eigenvalue weighted by Gasteiger charge is -2.13. The van der Waals surface area contributed by atoms with Crippen LogP contribution in [0.25, 0.3) is 0 Å². The first-order valence-corrected chi connectivity index (χ1v) is 5.61. The van der Waals surface area contributed by atoms with Crippen LogP contribution < -0.4 is 11.1 Å². The molecule has 6 nitrogen and oxygen atoms in total. The smallest absolute Gasteiger partial charge is 0.289 e. The molecule has 2 aromatic rings. The first-order chi connectivity index (χ1) is 8.56. The molecular formula is C12H15N5O. The highest BCUT2D eigenvalue weighted by Crippen LogP contribution is 2.14. The SMILES string of the molecule is Cc1cccc([C@@H](C)NC(=O)c2nc(N)n[nH]2)c1. The fourth-order valence-electron chi connectivity index (χ4n) is 1.66. The Labute approximate surface area is 105 Å². The number of nitrogens with two attached hydrogens (primary N) is 1. The summed E-state index contributed by atoms with van der Waals surface area (Å²) in [5.41, 5.74) is 7.53. The molecule has 0 spiro atoms. The minimum atomic E-state index is -0.326. The van der Waals surface area contributed by atoms with Gasteiger partial charge in [-0.1, -0.05) is 29.8 Å². The van der Waals surface area contributed by atoms with Gasteiger partial charge in [-0.15, -0.1) is 5.10 Å². The standard InChI is InChI=1S/C12H15N5O/c1-7-4-3-5-9(6-7)8(2)14-11(18)10-15-12(13)17-16-10/h3-6,8H,1-2H3,(H,14,18)(H3,13,15,16,17)/t8-/m1/s1. The van der Waals surface area contributed by atoms with Crippen LogP contribution in [0.2, 0.25) is 0 Å². The number of nitrogens with zero attached hydrogens (tertiary/aromatic N) is 2. The molecule has 0 bridgehead atoms. The summed E-state index contributed by atoms with van der Waals surface area (Å²) >= 11 is 0. The molecule has 1 amide bonds. The van der Waals surface area contributed by atoms with Crippen LogP contribution >= 0.6 is 0 Å². The van der Waals surface area contributed by atoms with Gasteiger partial charge < -0.3 is 11.1 Å². The van der Waals surface area contributed by atoms with E-state index >= 15 is 0 Å². The number of aromatic amines is 1. The molecule has 1 heterocycles. The van der Waals surface area contributed by atoms with Crippen molar-refractivity contribution in [3.8, 4) is 0 Å². The monoisotopic (exact) mass is 245 g/mol. The van der Waals surface area contributed by atoms with Crippen LogP contribution in [0.15, 0.2) is 24.3 Å². The lowest BCUT2D eigenvalue weighted by atomic mass is 10.1. The molecule has 0 fully saturated rings. The Morgan fingerprint density at radius 1 is 1.50 bits per heavy atom. The first kappa shape index (κ1) is 12.1. The first-order valence-electron chi connectivity index (χ1n) is 5.61. The van der Waals surface area contributed by atoms with Crippen LogP contribution in [0, 0.1) is 6.92 Å². The van der Waals surface area contributed by atoms with E-state index in [1.165, 1.54) is 0 Å². The molecule has 6 heteroatoms. The highest BCUT2D eigenvalue weighted by atomic mass is 16.2. The predicted molar refractivity (Wildman–Crippen MR) is 67.9 cm³/mol. The van der Waals surface area contributed by atoms with Crippen LogP contribution in [-0.4, -0.2) is 21.1 Å². The van der Waals surface area contributed by atoms with Crippen molar-refractivity contribution in [1.29, 1.82) is 0 Å². The molecular weight excluding hydrogens is 230 g/mol. The maximum Gasteiger partial charge on any atom is 0.289 e. The number of rotatable bonds is 3. The number of nitrogen functional groups attached to an aromatic ring is 1. The van der Waals surface area contributed by atoms with E-state index in [4.69, 9.17) is 5.73 Å². The van der Waals surface area contributed by atoms with Gasteiger partial charge in [0.05, 0.1) is 6.04 Å². The van der Waals surface area contributed by atoms with E-state index < -0.39 is 0 Å². The minimum absolute atomic E-state index is 0.0587. The molecule has 0 saturated heterocycles. The summed E-state index contributed by atoms with van der Waals surface area (Å²) in [4.78, 5) is 15.6. The number of hydrogen-bond donors (Lipinski definition) is 3. The number of anilines is 1.